The molecule has 3 rings (SSSR count). The molecule has 0 spiro atoms. The zero-order chi connectivity index (χ0) is 20.6. The fraction of sp³-hybridized carbons (Fsp3) is 0.286. The second kappa shape index (κ2) is 9.97. The van der Waals surface area contributed by atoms with E-state index in [1.54, 1.807) is 7.11 Å². The molecule has 2 aromatic carbocycles. The van der Waals surface area contributed by atoms with Crippen molar-refractivity contribution in [3.05, 3.63) is 48.5 Å². The zero-order valence-corrected chi connectivity index (χ0v) is 17.5. The molecule has 7 nitrogen and oxygen atoms in total. The molecule has 0 radical (unpaired) electrons. The minimum Gasteiger partial charge on any atom is -0.496 e. The molecule has 0 saturated carbocycles. The first-order valence-electron chi connectivity index (χ1n) is 9.38. The molecule has 1 aromatic heterocycles. The highest BCUT2D eigenvalue weighted by molar-refractivity contribution is 7.99. The molecule has 0 aliphatic rings. The summed E-state index contributed by atoms with van der Waals surface area (Å²) in [6.07, 6.45) is 0. The van der Waals surface area contributed by atoms with Crippen LogP contribution in [-0.4, -0.2) is 40.1 Å². The van der Waals surface area contributed by atoms with E-state index >= 15 is 0 Å². The Kier molecular flexibility index (Phi) is 7.13. The molecule has 1 heterocycles. The Morgan fingerprint density at radius 2 is 1.86 bits per heavy atom. The molecular formula is C21H24N4O3S. The summed E-state index contributed by atoms with van der Waals surface area (Å²) in [5.41, 5.74) is 1.60. The summed E-state index contributed by atoms with van der Waals surface area (Å²) < 4.78 is 12.8. The highest BCUT2D eigenvalue weighted by atomic mass is 32.2. The summed E-state index contributed by atoms with van der Waals surface area (Å²) in [7, 11) is 1.63. The van der Waals surface area contributed by atoms with Crippen LogP contribution in [0.4, 0.5) is 5.69 Å². The molecule has 0 aliphatic carbocycles. The average molecular weight is 413 g/mol. The first-order chi connectivity index (χ1) is 14.2. The van der Waals surface area contributed by atoms with Crippen LogP contribution in [0, 0.1) is 0 Å². The van der Waals surface area contributed by atoms with Crippen molar-refractivity contribution in [3.63, 3.8) is 0 Å². The molecule has 0 saturated heterocycles. The standard InChI is InChI=1S/C21H24N4O3S/c1-4-25-20(17-8-6-7-9-18(17)27-3)23-24-21(25)29-14-19(26)22-15-10-12-16(13-11-15)28-5-2/h6-13H,4-5,14H2,1-3H3,(H,22,26). The molecule has 0 unspecified atom stereocenters. The number of amides is 1. The van der Waals surface area contributed by atoms with Gasteiger partial charge in [0.15, 0.2) is 11.0 Å². The van der Waals surface area contributed by atoms with Gasteiger partial charge in [-0.2, -0.15) is 0 Å². The Bertz CT molecular complexity index is 957. The minimum absolute atomic E-state index is 0.108. The van der Waals surface area contributed by atoms with Gasteiger partial charge in [-0.1, -0.05) is 23.9 Å². The van der Waals surface area contributed by atoms with Crippen LogP contribution in [0.3, 0.4) is 0 Å². The lowest BCUT2D eigenvalue weighted by Gasteiger charge is -2.10. The fourth-order valence-electron chi connectivity index (χ4n) is 2.84. The lowest BCUT2D eigenvalue weighted by Crippen LogP contribution is -2.14. The maximum absolute atomic E-state index is 12.3. The molecule has 1 amide bonds. The topological polar surface area (TPSA) is 78.3 Å². The van der Waals surface area contributed by atoms with Crippen molar-refractivity contribution in [2.24, 2.45) is 0 Å². The normalized spacial score (nSPS) is 10.6. The Morgan fingerprint density at radius 1 is 1.10 bits per heavy atom. The average Bonchev–Trinajstić information content (AvgIpc) is 3.16. The largest absolute Gasteiger partial charge is 0.496 e. The van der Waals surface area contributed by atoms with Crippen molar-refractivity contribution < 1.29 is 14.3 Å². The van der Waals surface area contributed by atoms with E-state index in [0.717, 1.165) is 28.6 Å². The first kappa shape index (κ1) is 20.7. The SMILES string of the molecule is CCOc1ccc(NC(=O)CSc2nnc(-c3ccccc3OC)n2CC)cc1. The minimum atomic E-state index is -0.108. The van der Waals surface area contributed by atoms with E-state index in [2.05, 4.69) is 15.5 Å². The van der Waals surface area contributed by atoms with Crippen LogP contribution in [0.5, 0.6) is 11.5 Å². The van der Waals surface area contributed by atoms with Crippen molar-refractivity contribution in [3.8, 4) is 22.9 Å². The van der Waals surface area contributed by atoms with Crippen LogP contribution in [0.2, 0.25) is 0 Å². The van der Waals surface area contributed by atoms with Crippen LogP contribution in [0.15, 0.2) is 53.7 Å². The second-order valence-electron chi connectivity index (χ2n) is 6.04. The third-order valence-corrected chi connectivity index (χ3v) is 5.13. The smallest absolute Gasteiger partial charge is 0.234 e. The maximum atomic E-state index is 12.3. The Balaban J connectivity index is 1.66. The molecule has 3 aromatic rings. The van der Waals surface area contributed by atoms with Crippen LogP contribution in [0.1, 0.15) is 13.8 Å². The molecular weight excluding hydrogens is 388 g/mol. The molecule has 1 N–H and O–H groups in total. The third-order valence-electron chi connectivity index (χ3n) is 4.16. The van der Waals surface area contributed by atoms with Gasteiger partial charge in [-0.05, 0) is 50.2 Å². The number of para-hydroxylation sites is 1. The summed E-state index contributed by atoms with van der Waals surface area (Å²) >= 11 is 1.35. The van der Waals surface area contributed by atoms with E-state index in [9.17, 15) is 4.79 Å². The highest BCUT2D eigenvalue weighted by Gasteiger charge is 2.17. The summed E-state index contributed by atoms with van der Waals surface area (Å²) in [5, 5.41) is 12.2. The first-order valence-corrected chi connectivity index (χ1v) is 10.4. The molecule has 0 aliphatic heterocycles. The number of anilines is 1. The molecule has 152 valence electrons. The van der Waals surface area contributed by atoms with Crippen molar-refractivity contribution >= 4 is 23.4 Å². The van der Waals surface area contributed by atoms with Gasteiger partial charge in [0, 0.05) is 12.2 Å². The van der Waals surface area contributed by atoms with E-state index < -0.39 is 0 Å². The Morgan fingerprint density at radius 3 is 2.55 bits per heavy atom. The van der Waals surface area contributed by atoms with Crippen molar-refractivity contribution in [1.82, 2.24) is 14.8 Å². The van der Waals surface area contributed by atoms with Gasteiger partial charge in [0.05, 0.1) is 25.0 Å². The number of hydrogen-bond acceptors (Lipinski definition) is 6. The van der Waals surface area contributed by atoms with Gasteiger partial charge >= 0.3 is 0 Å². The third kappa shape index (κ3) is 5.08. The van der Waals surface area contributed by atoms with Crippen molar-refractivity contribution in [1.29, 1.82) is 0 Å². The summed E-state index contributed by atoms with van der Waals surface area (Å²) in [6, 6.07) is 15.0. The van der Waals surface area contributed by atoms with Gasteiger partial charge in [0.25, 0.3) is 0 Å². The van der Waals surface area contributed by atoms with Gasteiger partial charge in [0.1, 0.15) is 11.5 Å². The van der Waals surface area contributed by atoms with E-state index in [4.69, 9.17) is 9.47 Å². The monoisotopic (exact) mass is 412 g/mol. The van der Waals surface area contributed by atoms with Gasteiger partial charge < -0.3 is 19.4 Å². The quantitative estimate of drug-likeness (QED) is 0.533. The predicted molar refractivity (Wildman–Crippen MR) is 115 cm³/mol. The highest BCUT2D eigenvalue weighted by Crippen LogP contribution is 2.30. The Hall–Kier alpha value is -3.00. The number of ether oxygens (including phenoxy) is 2. The van der Waals surface area contributed by atoms with Gasteiger partial charge in [-0.25, -0.2) is 0 Å². The maximum Gasteiger partial charge on any atom is 0.234 e. The van der Waals surface area contributed by atoms with Crippen LogP contribution >= 0.6 is 11.8 Å². The number of carbonyl (C=O) groups is 1. The molecule has 0 bridgehead atoms. The van der Waals surface area contributed by atoms with Gasteiger partial charge in [0.2, 0.25) is 5.91 Å². The number of rotatable bonds is 9. The number of methoxy groups -OCH3 is 1. The molecule has 8 heteroatoms. The van der Waals surface area contributed by atoms with Gasteiger partial charge in [-0.3, -0.25) is 4.79 Å². The second-order valence-corrected chi connectivity index (χ2v) is 6.99. The summed E-state index contributed by atoms with van der Waals surface area (Å²) in [5.74, 6) is 2.36. The lowest BCUT2D eigenvalue weighted by atomic mass is 10.2. The van der Waals surface area contributed by atoms with E-state index in [0.29, 0.717) is 18.3 Å². The molecule has 0 atom stereocenters. The molecule has 0 fully saturated rings. The van der Waals surface area contributed by atoms with Crippen molar-refractivity contribution in [2.45, 2.75) is 25.5 Å². The summed E-state index contributed by atoms with van der Waals surface area (Å²) in [6.45, 7) is 5.24. The van der Waals surface area contributed by atoms with E-state index in [1.165, 1.54) is 11.8 Å². The number of thioether (sulfide) groups is 1. The number of carbonyl (C=O) groups excluding carboxylic acids is 1. The van der Waals surface area contributed by atoms with E-state index in [1.807, 2.05) is 66.9 Å². The molecule has 29 heavy (non-hydrogen) atoms. The van der Waals surface area contributed by atoms with Crippen LogP contribution < -0.4 is 14.8 Å². The zero-order valence-electron chi connectivity index (χ0n) is 16.7. The lowest BCUT2D eigenvalue weighted by molar-refractivity contribution is -0.113. The fourth-order valence-corrected chi connectivity index (χ4v) is 3.64. The van der Waals surface area contributed by atoms with Gasteiger partial charge in [-0.15, -0.1) is 10.2 Å². The predicted octanol–water partition coefficient (Wildman–Crippen LogP) is 4.10. The van der Waals surface area contributed by atoms with Crippen molar-refractivity contribution in [2.75, 3.05) is 24.8 Å². The van der Waals surface area contributed by atoms with Crippen LogP contribution in [-0.2, 0) is 11.3 Å². The number of hydrogen-bond donors (Lipinski definition) is 1. The van der Waals surface area contributed by atoms with E-state index in [-0.39, 0.29) is 11.7 Å². The number of nitrogens with one attached hydrogen (secondary N) is 1. The van der Waals surface area contributed by atoms with Crippen LogP contribution in [0.25, 0.3) is 11.4 Å². The summed E-state index contributed by atoms with van der Waals surface area (Å²) in [4.78, 5) is 12.3. The number of nitrogens with zero attached hydrogens (tertiary/aromatic N) is 3. The number of aromatic nitrogens is 3. The Labute approximate surface area is 174 Å². The number of benzene rings is 2.